The third-order valence-electron chi connectivity index (χ3n) is 3.91. The van der Waals surface area contributed by atoms with Crippen molar-refractivity contribution in [2.24, 2.45) is 0 Å². The Morgan fingerprint density at radius 3 is 2.76 bits per heavy atom. The minimum absolute atomic E-state index is 0.249. The lowest BCUT2D eigenvalue weighted by atomic mass is 9.94. The maximum absolute atomic E-state index is 6.23. The summed E-state index contributed by atoms with van der Waals surface area (Å²) >= 11 is 2.35. The monoisotopic (exact) mass is 393 g/mol. The number of halogens is 1. The first kappa shape index (κ1) is 15.0. The van der Waals surface area contributed by atoms with E-state index in [0.29, 0.717) is 12.6 Å². The average Bonchev–Trinajstić information content (AvgIpc) is 2.54. The van der Waals surface area contributed by atoms with Gasteiger partial charge in [0, 0.05) is 3.57 Å². The molecule has 3 heteroatoms. The van der Waals surface area contributed by atoms with Gasteiger partial charge in [0.05, 0.1) is 18.8 Å². The Labute approximate surface area is 140 Å². The van der Waals surface area contributed by atoms with E-state index in [-0.39, 0.29) is 6.10 Å². The molecule has 0 saturated carbocycles. The van der Waals surface area contributed by atoms with Crippen LogP contribution in [-0.2, 0) is 11.3 Å². The second-order valence-electron chi connectivity index (χ2n) is 5.46. The molecule has 0 spiro atoms. The summed E-state index contributed by atoms with van der Waals surface area (Å²) < 4.78 is 7.48. The summed E-state index contributed by atoms with van der Waals surface area (Å²) in [7, 11) is 0. The molecule has 2 aromatic carbocycles. The molecule has 1 aliphatic heterocycles. The molecule has 0 aromatic heterocycles. The predicted molar refractivity (Wildman–Crippen MR) is 94.2 cm³/mol. The summed E-state index contributed by atoms with van der Waals surface area (Å²) in [6.45, 7) is 1.76. The van der Waals surface area contributed by atoms with Crippen LogP contribution in [-0.4, -0.2) is 12.6 Å². The minimum atomic E-state index is 0.249. The van der Waals surface area contributed by atoms with Crippen molar-refractivity contribution in [2.75, 3.05) is 6.54 Å². The Hall–Kier alpha value is -0.910. The van der Waals surface area contributed by atoms with Crippen LogP contribution in [0.4, 0.5) is 0 Å². The van der Waals surface area contributed by atoms with Gasteiger partial charge in [0.25, 0.3) is 0 Å². The van der Waals surface area contributed by atoms with Crippen LogP contribution in [0.3, 0.4) is 0 Å². The van der Waals surface area contributed by atoms with Crippen LogP contribution < -0.4 is 5.32 Å². The molecule has 0 radical (unpaired) electrons. The molecule has 1 aliphatic rings. The fourth-order valence-electron chi connectivity index (χ4n) is 2.86. The van der Waals surface area contributed by atoms with Gasteiger partial charge in [0.15, 0.2) is 0 Å². The summed E-state index contributed by atoms with van der Waals surface area (Å²) in [6.07, 6.45) is 2.55. The average molecular weight is 393 g/mol. The van der Waals surface area contributed by atoms with Gasteiger partial charge in [-0.3, -0.25) is 0 Å². The highest BCUT2D eigenvalue weighted by molar-refractivity contribution is 14.1. The van der Waals surface area contributed by atoms with E-state index in [0.717, 1.165) is 13.0 Å². The van der Waals surface area contributed by atoms with Crippen molar-refractivity contribution in [3.63, 3.8) is 0 Å². The van der Waals surface area contributed by atoms with Gasteiger partial charge >= 0.3 is 0 Å². The van der Waals surface area contributed by atoms with E-state index in [4.69, 9.17) is 4.74 Å². The largest absolute Gasteiger partial charge is 0.372 e. The van der Waals surface area contributed by atoms with Crippen LogP contribution >= 0.6 is 22.6 Å². The van der Waals surface area contributed by atoms with Crippen LogP contribution in [0, 0.1) is 3.57 Å². The summed E-state index contributed by atoms with van der Waals surface area (Å²) in [5.74, 6) is 0. The van der Waals surface area contributed by atoms with E-state index in [1.165, 1.54) is 21.1 Å². The van der Waals surface area contributed by atoms with E-state index in [1.807, 2.05) is 0 Å². The minimum Gasteiger partial charge on any atom is -0.372 e. The predicted octanol–water partition coefficient (Wildman–Crippen LogP) is 4.30. The second-order valence-corrected chi connectivity index (χ2v) is 6.71. The number of benzene rings is 2. The van der Waals surface area contributed by atoms with E-state index in [2.05, 4.69) is 82.5 Å². The molecule has 0 amide bonds. The highest BCUT2D eigenvalue weighted by atomic mass is 127. The Morgan fingerprint density at radius 1 is 1.10 bits per heavy atom. The third-order valence-corrected chi connectivity index (χ3v) is 4.58. The zero-order valence-electron chi connectivity index (χ0n) is 12.0. The molecule has 1 heterocycles. The third kappa shape index (κ3) is 4.05. The van der Waals surface area contributed by atoms with Crippen LogP contribution in [0.1, 0.15) is 30.0 Å². The maximum atomic E-state index is 6.23. The van der Waals surface area contributed by atoms with Crippen LogP contribution in [0.25, 0.3) is 0 Å². The van der Waals surface area contributed by atoms with Gasteiger partial charge in [-0.1, -0.05) is 42.5 Å². The van der Waals surface area contributed by atoms with Gasteiger partial charge in [-0.25, -0.2) is 0 Å². The standard InChI is InChI=1S/C18H20INO/c19-16-9-4-6-14(12-16)13-21-17-10-5-11-20-18(17)15-7-2-1-3-8-15/h1-4,6-9,12,17-18,20H,5,10-11,13H2. The van der Waals surface area contributed by atoms with Gasteiger partial charge in [-0.15, -0.1) is 0 Å². The molecule has 2 unspecified atom stereocenters. The molecule has 3 rings (SSSR count). The smallest absolute Gasteiger partial charge is 0.0774 e. The Bertz CT molecular complexity index is 572. The molecule has 2 atom stereocenters. The quantitative estimate of drug-likeness (QED) is 0.783. The van der Waals surface area contributed by atoms with E-state index < -0.39 is 0 Å². The van der Waals surface area contributed by atoms with Gasteiger partial charge in [0.1, 0.15) is 0 Å². The fraction of sp³-hybridized carbons (Fsp3) is 0.333. The molecular formula is C18H20INO. The number of hydrogen-bond acceptors (Lipinski definition) is 2. The van der Waals surface area contributed by atoms with Crippen molar-refractivity contribution in [2.45, 2.75) is 31.6 Å². The van der Waals surface area contributed by atoms with Crippen molar-refractivity contribution in [3.05, 3.63) is 69.3 Å². The number of ether oxygens (including phenoxy) is 1. The van der Waals surface area contributed by atoms with E-state index >= 15 is 0 Å². The first-order chi connectivity index (χ1) is 10.3. The molecule has 1 fully saturated rings. The van der Waals surface area contributed by atoms with Crippen LogP contribution in [0.2, 0.25) is 0 Å². The molecule has 0 aliphatic carbocycles. The van der Waals surface area contributed by atoms with Gasteiger partial charge in [-0.2, -0.15) is 0 Å². The molecule has 2 nitrogen and oxygen atoms in total. The molecule has 21 heavy (non-hydrogen) atoms. The van der Waals surface area contributed by atoms with Crippen molar-refractivity contribution in [1.29, 1.82) is 0 Å². The summed E-state index contributed by atoms with van der Waals surface area (Å²) in [4.78, 5) is 0. The lowest BCUT2D eigenvalue weighted by Gasteiger charge is -2.33. The number of piperidine rings is 1. The van der Waals surface area contributed by atoms with Crippen LogP contribution in [0.5, 0.6) is 0 Å². The highest BCUT2D eigenvalue weighted by Crippen LogP contribution is 2.27. The SMILES string of the molecule is Ic1cccc(COC2CCCNC2c2ccccc2)c1. The molecule has 110 valence electrons. The lowest BCUT2D eigenvalue weighted by molar-refractivity contribution is -0.00358. The zero-order chi connectivity index (χ0) is 14.5. The maximum Gasteiger partial charge on any atom is 0.0774 e. The Kier molecular flexibility index (Phi) is 5.27. The number of rotatable bonds is 4. The lowest BCUT2D eigenvalue weighted by Crippen LogP contribution is -2.39. The molecule has 2 aromatic rings. The molecule has 1 N–H and O–H groups in total. The summed E-state index contributed by atoms with van der Waals surface area (Å²) in [5, 5.41) is 3.61. The van der Waals surface area contributed by atoms with Gasteiger partial charge in [0.2, 0.25) is 0 Å². The number of hydrogen-bond donors (Lipinski definition) is 1. The van der Waals surface area contributed by atoms with Gasteiger partial charge < -0.3 is 10.1 Å². The molecule has 1 saturated heterocycles. The highest BCUT2D eigenvalue weighted by Gasteiger charge is 2.26. The molecular weight excluding hydrogens is 373 g/mol. The number of nitrogens with one attached hydrogen (secondary N) is 1. The Balaban J connectivity index is 1.67. The summed E-state index contributed by atoms with van der Waals surface area (Å²) in [6, 6.07) is 19.5. The van der Waals surface area contributed by atoms with E-state index in [9.17, 15) is 0 Å². The Morgan fingerprint density at radius 2 is 1.95 bits per heavy atom. The van der Waals surface area contributed by atoms with Crippen molar-refractivity contribution in [1.82, 2.24) is 5.32 Å². The van der Waals surface area contributed by atoms with Gasteiger partial charge in [-0.05, 0) is 65.2 Å². The van der Waals surface area contributed by atoms with E-state index in [1.54, 1.807) is 0 Å². The zero-order valence-corrected chi connectivity index (χ0v) is 14.1. The van der Waals surface area contributed by atoms with Crippen molar-refractivity contribution in [3.8, 4) is 0 Å². The van der Waals surface area contributed by atoms with Crippen molar-refractivity contribution < 1.29 is 4.74 Å². The first-order valence-electron chi connectivity index (χ1n) is 7.47. The topological polar surface area (TPSA) is 21.3 Å². The van der Waals surface area contributed by atoms with Crippen LogP contribution in [0.15, 0.2) is 54.6 Å². The fourth-order valence-corrected chi connectivity index (χ4v) is 3.47. The summed E-state index contributed by atoms with van der Waals surface area (Å²) in [5.41, 5.74) is 2.57. The molecule has 0 bridgehead atoms. The first-order valence-corrected chi connectivity index (χ1v) is 8.55. The van der Waals surface area contributed by atoms with Crippen molar-refractivity contribution >= 4 is 22.6 Å². The second kappa shape index (κ2) is 7.38. The normalized spacial score (nSPS) is 22.1.